The molecule has 0 saturated heterocycles. The fourth-order valence-electron chi connectivity index (χ4n) is 2.27. The van der Waals surface area contributed by atoms with Crippen molar-refractivity contribution >= 4 is 35.0 Å². The van der Waals surface area contributed by atoms with E-state index in [1.807, 2.05) is 0 Å². The minimum atomic E-state index is -0.466. The summed E-state index contributed by atoms with van der Waals surface area (Å²) in [4.78, 5) is 22.3. The molecular formula is C19H13ClN2O4. The van der Waals surface area contributed by atoms with Gasteiger partial charge in [0.25, 0.3) is 5.69 Å². The first-order valence-corrected chi connectivity index (χ1v) is 7.99. The van der Waals surface area contributed by atoms with Crippen LogP contribution in [0.2, 0.25) is 5.02 Å². The number of nitro groups is 1. The molecule has 0 aliphatic heterocycles. The lowest BCUT2D eigenvalue weighted by atomic mass is 10.1. The average molecular weight is 369 g/mol. The second kappa shape index (κ2) is 7.67. The Balaban J connectivity index is 1.71. The summed E-state index contributed by atoms with van der Waals surface area (Å²) in [5.41, 5.74) is 1.08. The summed E-state index contributed by atoms with van der Waals surface area (Å²) in [6.45, 7) is 0. The Morgan fingerprint density at radius 2 is 1.92 bits per heavy atom. The number of benzene rings is 2. The molecule has 1 heterocycles. The van der Waals surface area contributed by atoms with Gasteiger partial charge in [-0.1, -0.05) is 35.9 Å². The molecule has 0 atom stereocenters. The monoisotopic (exact) mass is 368 g/mol. The molecule has 0 aliphatic carbocycles. The van der Waals surface area contributed by atoms with Gasteiger partial charge in [-0.3, -0.25) is 14.9 Å². The largest absolute Gasteiger partial charge is 0.457 e. The van der Waals surface area contributed by atoms with Gasteiger partial charge >= 0.3 is 0 Å². The van der Waals surface area contributed by atoms with Crippen LogP contribution in [0.3, 0.4) is 0 Å². The van der Waals surface area contributed by atoms with Crippen molar-refractivity contribution in [2.45, 2.75) is 0 Å². The zero-order valence-corrected chi connectivity index (χ0v) is 14.1. The van der Waals surface area contributed by atoms with Crippen LogP contribution in [0.5, 0.6) is 0 Å². The van der Waals surface area contributed by atoms with Gasteiger partial charge in [0.05, 0.1) is 15.6 Å². The maximum absolute atomic E-state index is 12.0. The Morgan fingerprint density at radius 1 is 1.12 bits per heavy atom. The third kappa shape index (κ3) is 4.17. The quantitative estimate of drug-likeness (QED) is 0.383. The highest BCUT2D eigenvalue weighted by Gasteiger charge is 2.10. The standard InChI is InChI=1S/C19H13ClN2O4/c20-16-6-1-2-7-17(16)21-19(23)11-9-15-8-10-18(26-15)13-4-3-5-14(12-13)22(24)25/h1-12H,(H,21,23). The van der Waals surface area contributed by atoms with Crippen molar-refractivity contribution in [3.05, 3.63) is 87.6 Å². The molecule has 130 valence electrons. The summed E-state index contributed by atoms with van der Waals surface area (Å²) >= 11 is 5.99. The molecule has 1 aromatic heterocycles. The third-order valence-corrected chi connectivity index (χ3v) is 3.83. The van der Waals surface area contributed by atoms with E-state index >= 15 is 0 Å². The number of carbonyl (C=O) groups is 1. The predicted octanol–water partition coefficient (Wildman–Crippen LogP) is 5.16. The van der Waals surface area contributed by atoms with Crippen molar-refractivity contribution in [1.82, 2.24) is 0 Å². The van der Waals surface area contributed by atoms with Gasteiger partial charge in [0.15, 0.2) is 0 Å². The van der Waals surface area contributed by atoms with Gasteiger partial charge in [-0.25, -0.2) is 0 Å². The van der Waals surface area contributed by atoms with Crippen molar-refractivity contribution in [3.63, 3.8) is 0 Å². The third-order valence-electron chi connectivity index (χ3n) is 3.50. The molecule has 0 bridgehead atoms. The number of furan rings is 1. The molecular weight excluding hydrogens is 356 g/mol. The lowest BCUT2D eigenvalue weighted by Crippen LogP contribution is -2.07. The highest BCUT2D eigenvalue weighted by Crippen LogP contribution is 2.26. The number of para-hydroxylation sites is 1. The molecule has 0 unspecified atom stereocenters. The van der Waals surface area contributed by atoms with E-state index in [0.29, 0.717) is 27.8 Å². The SMILES string of the molecule is O=C(C=Cc1ccc(-c2cccc([N+](=O)[O-])c2)o1)Nc1ccccc1Cl. The van der Waals surface area contributed by atoms with Gasteiger partial charge in [-0.15, -0.1) is 0 Å². The number of carbonyl (C=O) groups excluding carboxylic acids is 1. The van der Waals surface area contributed by atoms with Crippen LogP contribution in [0.25, 0.3) is 17.4 Å². The van der Waals surface area contributed by atoms with Crippen molar-refractivity contribution < 1.29 is 14.1 Å². The van der Waals surface area contributed by atoms with Crippen LogP contribution in [-0.2, 0) is 4.79 Å². The van der Waals surface area contributed by atoms with Crippen LogP contribution in [0, 0.1) is 10.1 Å². The van der Waals surface area contributed by atoms with Gasteiger partial charge in [-0.05, 0) is 30.3 Å². The van der Waals surface area contributed by atoms with Gasteiger partial charge in [0.2, 0.25) is 5.91 Å². The molecule has 0 radical (unpaired) electrons. The highest BCUT2D eigenvalue weighted by molar-refractivity contribution is 6.33. The summed E-state index contributed by atoms with van der Waals surface area (Å²) in [5, 5.41) is 14.0. The Labute approximate surface area is 153 Å². The number of amides is 1. The van der Waals surface area contributed by atoms with Gasteiger partial charge < -0.3 is 9.73 Å². The van der Waals surface area contributed by atoms with E-state index in [4.69, 9.17) is 16.0 Å². The number of nitrogens with zero attached hydrogens (tertiary/aromatic N) is 1. The van der Waals surface area contributed by atoms with Crippen molar-refractivity contribution in [1.29, 1.82) is 0 Å². The van der Waals surface area contributed by atoms with E-state index < -0.39 is 4.92 Å². The molecule has 3 aromatic rings. The Morgan fingerprint density at radius 3 is 2.69 bits per heavy atom. The molecule has 7 heteroatoms. The van der Waals surface area contributed by atoms with E-state index in [9.17, 15) is 14.9 Å². The lowest BCUT2D eigenvalue weighted by Gasteiger charge is -2.03. The first-order valence-electron chi connectivity index (χ1n) is 7.61. The topological polar surface area (TPSA) is 85.4 Å². The minimum Gasteiger partial charge on any atom is -0.457 e. The molecule has 6 nitrogen and oxygen atoms in total. The molecule has 0 fully saturated rings. The lowest BCUT2D eigenvalue weighted by molar-refractivity contribution is -0.384. The van der Waals surface area contributed by atoms with E-state index in [-0.39, 0.29) is 11.6 Å². The first-order chi connectivity index (χ1) is 12.5. The van der Waals surface area contributed by atoms with E-state index in [1.165, 1.54) is 24.3 Å². The van der Waals surface area contributed by atoms with Crippen molar-refractivity contribution in [2.24, 2.45) is 0 Å². The van der Waals surface area contributed by atoms with E-state index in [0.717, 1.165) is 0 Å². The van der Waals surface area contributed by atoms with Crippen LogP contribution in [0.15, 0.2) is 71.2 Å². The Bertz CT molecular complexity index is 994. The zero-order chi connectivity index (χ0) is 18.5. The van der Waals surface area contributed by atoms with Crippen molar-refractivity contribution in [2.75, 3.05) is 5.32 Å². The average Bonchev–Trinajstić information content (AvgIpc) is 3.11. The van der Waals surface area contributed by atoms with Crippen LogP contribution in [0.1, 0.15) is 5.76 Å². The van der Waals surface area contributed by atoms with Gasteiger partial charge in [0, 0.05) is 23.8 Å². The number of halogens is 1. The molecule has 2 aromatic carbocycles. The Kier molecular flexibility index (Phi) is 5.15. The van der Waals surface area contributed by atoms with Crippen molar-refractivity contribution in [3.8, 4) is 11.3 Å². The number of rotatable bonds is 5. The van der Waals surface area contributed by atoms with Gasteiger partial charge in [-0.2, -0.15) is 0 Å². The van der Waals surface area contributed by atoms with Crippen LogP contribution in [-0.4, -0.2) is 10.8 Å². The number of hydrogen-bond donors (Lipinski definition) is 1. The van der Waals surface area contributed by atoms with E-state index in [1.54, 1.807) is 48.5 Å². The number of non-ortho nitro benzene ring substituents is 1. The fourth-order valence-corrected chi connectivity index (χ4v) is 2.45. The first kappa shape index (κ1) is 17.4. The van der Waals surface area contributed by atoms with E-state index in [2.05, 4.69) is 5.32 Å². The molecule has 0 spiro atoms. The van der Waals surface area contributed by atoms with Gasteiger partial charge in [0.1, 0.15) is 11.5 Å². The molecule has 0 saturated carbocycles. The normalized spacial score (nSPS) is 10.8. The summed E-state index contributed by atoms with van der Waals surface area (Å²) < 4.78 is 5.61. The smallest absolute Gasteiger partial charge is 0.270 e. The highest BCUT2D eigenvalue weighted by atomic mass is 35.5. The molecule has 1 N–H and O–H groups in total. The summed E-state index contributed by atoms with van der Waals surface area (Å²) in [6, 6.07) is 16.4. The Hall–Kier alpha value is -3.38. The van der Waals surface area contributed by atoms with Crippen LogP contribution in [0.4, 0.5) is 11.4 Å². The number of anilines is 1. The molecule has 1 amide bonds. The molecule has 0 aliphatic rings. The maximum atomic E-state index is 12.0. The maximum Gasteiger partial charge on any atom is 0.270 e. The summed E-state index contributed by atoms with van der Waals surface area (Å²) in [7, 11) is 0. The minimum absolute atomic E-state index is 0.0184. The summed E-state index contributed by atoms with van der Waals surface area (Å²) in [6.07, 6.45) is 2.83. The van der Waals surface area contributed by atoms with Crippen LogP contribution < -0.4 is 5.32 Å². The second-order valence-corrected chi connectivity index (χ2v) is 5.72. The predicted molar refractivity (Wildman–Crippen MR) is 99.9 cm³/mol. The number of nitro benzene ring substituents is 1. The molecule has 26 heavy (non-hydrogen) atoms. The summed E-state index contributed by atoms with van der Waals surface area (Å²) in [5.74, 6) is 0.562. The van der Waals surface area contributed by atoms with Crippen LogP contribution >= 0.6 is 11.6 Å². The number of hydrogen-bond acceptors (Lipinski definition) is 4. The second-order valence-electron chi connectivity index (χ2n) is 5.31. The number of nitrogens with one attached hydrogen (secondary N) is 1. The molecule has 3 rings (SSSR count). The zero-order valence-electron chi connectivity index (χ0n) is 13.4. The fraction of sp³-hybridized carbons (Fsp3) is 0.